The Labute approximate surface area is 109 Å². The summed E-state index contributed by atoms with van der Waals surface area (Å²) < 4.78 is 6.28. The van der Waals surface area contributed by atoms with E-state index in [1.165, 1.54) is 5.56 Å². The maximum Gasteiger partial charge on any atom is 0.128 e. The third-order valence-electron chi connectivity index (χ3n) is 2.71. The van der Waals surface area contributed by atoms with Gasteiger partial charge in [-0.3, -0.25) is 0 Å². The van der Waals surface area contributed by atoms with E-state index >= 15 is 0 Å². The molecule has 90 valence electrons. The highest BCUT2D eigenvalue weighted by molar-refractivity contribution is 9.10. The minimum absolute atomic E-state index is 0.842. The number of methoxy groups -OCH3 is 1. The van der Waals surface area contributed by atoms with Gasteiger partial charge in [0.2, 0.25) is 0 Å². The molecule has 1 heterocycles. The second-order valence-corrected chi connectivity index (χ2v) is 4.67. The smallest absolute Gasteiger partial charge is 0.128 e. The van der Waals surface area contributed by atoms with Crippen LogP contribution in [0.25, 0.3) is 11.3 Å². The van der Waals surface area contributed by atoms with E-state index in [9.17, 15) is 0 Å². The van der Waals surface area contributed by atoms with Crippen LogP contribution in [0.4, 0.5) is 0 Å². The lowest BCUT2D eigenvalue weighted by atomic mass is 10.1. The lowest BCUT2D eigenvalue weighted by molar-refractivity contribution is 0.416. The third-order valence-corrected chi connectivity index (χ3v) is 3.28. The van der Waals surface area contributed by atoms with Gasteiger partial charge >= 0.3 is 0 Å². The summed E-state index contributed by atoms with van der Waals surface area (Å²) in [5.41, 5.74) is 3.19. The zero-order valence-electron chi connectivity index (χ0n) is 10.2. The Morgan fingerprint density at radius 2 is 2.18 bits per heavy atom. The molecule has 0 radical (unpaired) electrons. The molecule has 1 aromatic heterocycles. The van der Waals surface area contributed by atoms with Crippen molar-refractivity contribution in [2.75, 3.05) is 7.11 Å². The van der Waals surface area contributed by atoms with E-state index in [4.69, 9.17) is 4.74 Å². The molecule has 2 rings (SSSR count). The summed E-state index contributed by atoms with van der Waals surface area (Å²) >= 11 is 3.49. The maximum atomic E-state index is 5.39. The number of benzene rings is 1. The van der Waals surface area contributed by atoms with Crippen molar-refractivity contribution in [2.24, 2.45) is 0 Å². The second-order valence-electron chi connectivity index (χ2n) is 3.87. The first-order valence-corrected chi connectivity index (χ1v) is 6.34. The fourth-order valence-corrected chi connectivity index (χ4v) is 2.39. The summed E-state index contributed by atoms with van der Waals surface area (Å²) in [7, 11) is 1.68. The van der Waals surface area contributed by atoms with Gasteiger partial charge in [0, 0.05) is 5.56 Å². The number of imidazole rings is 1. The quantitative estimate of drug-likeness (QED) is 0.937. The van der Waals surface area contributed by atoms with Crippen LogP contribution in [0, 0.1) is 6.92 Å². The number of halogens is 1. The molecule has 2 aromatic rings. The predicted molar refractivity (Wildman–Crippen MR) is 72.4 cm³/mol. The minimum atomic E-state index is 0.842. The molecule has 0 spiro atoms. The monoisotopic (exact) mass is 294 g/mol. The van der Waals surface area contributed by atoms with Gasteiger partial charge in [-0.15, -0.1) is 0 Å². The lowest BCUT2D eigenvalue weighted by Crippen LogP contribution is -1.91. The van der Waals surface area contributed by atoms with Crippen molar-refractivity contribution in [2.45, 2.75) is 20.3 Å². The number of hydrogen-bond acceptors (Lipinski definition) is 2. The van der Waals surface area contributed by atoms with Crippen LogP contribution in [0.3, 0.4) is 0 Å². The van der Waals surface area contributed by atoms with E-state index in [-0.39, 0.29) is 0 Å². The summed E-state index contributed by atoms with van der Waals surface area (Å²) in [5, 5.41) is 0. The Bertz CT molecular complexity index is 534. The van der Waals surface area contributed by atoms with E-state index in [0.717, 1.165) is 33.9 Å². The van der Waals surface area contributed by atoms with Crippen molar-refractivity contribution in [1.82, 2.24) is 9.97 Å². The number of nitrogens with one attached hydrogen (secondary N) is 1. The molecule has 0 bridgehead atoms. The molecule has 3 nitrogen and oxygen atoms in total. The molecule has 0 atom stereocenters. The molecule has 0 fully saturated rings. The average molecular weight is 295 g/mol. The number of aromatic nitrogens is 2. The average Bonchev–Trinajstić information content (AvgIpc) is 2.67. The molecular weight excluding hydrogens is 280 g/mol. The SMILES string of the molecule is CCc1ccc(OC)c(-c2nc(C)[nH]c2Br)c1. The van der Waals surface area contributed by atoms with E-state index in [1.54, 1.807) is 7.11 Å². The molecule has 0 aliphatic rings. The van der Waals surface area contributed by atoms with Crippen molar-refractivity contribution >= 4 is 15.9 Å². The Kier molecular flexibility index (Phi) is 3.52. The largest absolute Gasteiger partial charge is 0.496 e. The van der Waals surface area contributed by atoms with Crippen LogP contribution in [0.15, 0.2) is 22.8 Å². The number of rotatable bonds is 3. The van der Waals surface area contributed by atoms with Gasteiger partial charge in [-0.1, -0.05) is 13.0 Å². The van der Waals surface area contributed by atoms with Crippen molar-refractivity contribution in [1.29, 1.82) is 0 Å². The molecule has 4 heteroatoms. The normalized spacial score (nSPS) is 10.6. The molecule has 0 saturated heterocycles. The van der Waals surface area contributed by atoms with Gasteiger partial charge in [-0.05, 0) is 47.0 Å². The number of aryl methyl sites for hydroxylation is 2. The van der Waals surface area contributed by atoms with Gasteiger partial charge in [-0.2, -0.15) is 0 Å². The Hall–Kier alpha value is -1.29. The van der Waals surface area contributed by atoms with Crippen LogP contribution < -0.4 is 4.74 Å². The summed E-state index contributed by atoms with van der Waals surface area (Å²) in [6, 6.07) is 6.19. The Morgan fingerprint density at radius 1 is 1.41 bits per heavy atom. The number of aromatic amines is 1. The zero-order chi connectivity index (χ0) is 12.4. The summed E-state index contributed by atoms with van der Waals surface area (Å²) in [5.74, 6) is 1.73. The molecule has 0 unspecified atom stereocenters. The van der Waals surface area contributed by atoms with Crippen LogP contribution in [-0.2, 0) is 6.42 Å². The summed E-state index contributed by atoms with van der Waals surface area (Å²) in [4.78, 5) is 7.63. The van der Waals surface area contributed by atoms with E-state index in [2.05, 4.69) is 45.0 Å². The van der Waals surface area contributed by atoms with Gasteiger partial charge in [0.25, 0.3) is 0 Å². The van der Waals surface area contributed by atoms with E-state index in [0.29, 0.717) is 0 Å². The second kappa shape index (κ2) is 4.92. The maximum absolute atomic E-state index is 5.39. The van der Waals surface area contributed by atoms with Gasteiger partial charge in [-0.25, -0.2) is 4.98 Å². The molecule has 0 aliphatic carbocycles. The van der Waals surface area contributed by atoms with Crippen molar-refractivity contribution < 1.29 is 4.74 Å². The van der Waals surface area contributed by atoms with E-state index < -0.39 is 0 Å². The van der Waals surface area contributed by atoms with Gasteiger partial charge in [0.15, 0.2) is 0 Å². The van der Waals surface area contributed by atoms with Crippen molar-refractivity contribution in [3.8, 4) is 17.0 Å². The topological polar surface area (TPSA) is 37.9 Å². The fourth-order valence-electron chi connectivity index (χ4n) is 1.80. The molecule has 17 heavy (non-hydrogen) atoms. The number of hydrogen-bond donors (Lipinski definition) is 1. The van der Waals surface area contributed by atoms with Crippen molar-refractivity contribution in [3.63, 3.8) is 0 Å². The zero-order valence-corrected chi connectivity index (χ0v) is 11.8. The van der Waals surface area contributed by atoms with E-state index in [1.807, 2.05) is 13.0 Å². The molecule has 0 amide bonds. The Balaban J connectivity index is 2.59. The minimum Gasteiger partial charge on any atom is -0.496 e. The Morgan fingerprint density at radius 3 is 2.71 bits per heavy atom. The first kappa shape index (κ1) is 12.2. The van der Waals surface area contributed by atoms with Gasteiger partial charge in [0.1, 0.15) is 21.9 Å². The van der Waals surface area contributed by atoms with Crippen LogP contribution in [0.5, 0.6) is 5.75 Å². The third kappa shape index (κ3) is 2.36. The molecule has 0 saturated carbocycles. The number of H-pyrrole nitrogens is 1. The highest BCUT2D eigenvalue weighted by Gasteiger charge is 2.13. The fraction of sp³-hybridized carbons (Fsp3) is 0.308. The molecule has 1 aromatic carbocycles. The lowest BCUT2D eigenvalue weighted by Gasteiger charge is -2.08. The van der Waals surface area contributed by atoms with Crippen LogP contribution in [0.1, 0.15) is 18.3 Å². The molecule has 1 N–H and O–H groups in total. The summed E-state index contributed by atoms with van der Waals surface area (Å²) in [6.07, 6.45) is 0.998. The molecule has 0 aliphatic heterocycles. The standard InChI is InChI=1S/C13H15BrN2O/c1-4-9-5-6-11(17-3)10(7-9)12-13(14)16-8(2)15-12/h5-7H,4H2,1-3H3,(H,15,16). The first-order chi connectivity index (χ1) is 8.15. The molecular formula is C13H15BrN2O. The highest BCUT2D eigenvalue weighted by atomic mass is 79.9. The van der Waals surface area contributed by atoms with Crippen molar-refractivity contribution in [3.05, 3.63) is 34.2 Å². The van der Waals surface area contributed by atoms with Crippen LogP contribution in [-0.4, -0.2) is 17.1 Å². The number of ether oxygens (including phenoxy) is 1. The van der Waals surface area contributed by atoms with Gasteiger partial charge < -0.3 is 9.72 Å². The van der Waals surface area contributed by atoms with Gasteiger partial charge in [0.05, 0.1) is 7.11 Å². The van der Waals surface area contributed by atoms with Crippen LogP contribution >= 0.6 is 15.9 Å². The highest BCUT2D eigenvalue weighted by Crippen LogP contribution is 2.34. The van der Waals surface area contributed by atoms with Crippen LogP contribution in [0.2, 0.25) is 0 Å². The first-order valence-electron chi connectivity index (χ1n) is 5.55. The number of nitrogens with zero attached hydrogens (tertiary/aromatic N) is 1. The predicted octanol–water partition coefficient (Wildman–Crippen LogP) is 3.72. The summed E-state index contributed by atoms with van der Waals surface area (Å²) in [6.45, 7) is 4.07.